The van der Waals surface area contributed by atoms with Crippen molar-refractivity contribution in [2.75, 3.05) is 18.3 Å². The number of aliphatic hydroxyl groups excluding tert-OH is 1. The molecule has 4 nitrogen and oxygen atoms in total. The van der Waals surface area contributed by atoms with Gasteiger partial charge in [0.1, 0.15) is 6.61 Å². The lowest BCUT2D eigenvalue weighted by molar-refractivity contribution is 0.278. The summed E-state index contributed by atoms with van der Waals surface area (Å²) < 4.78 is 5.24. The van der Waals surface area contributed by atoms with Crippen LogP contribution >= 0.6 is 0 Å². The third-order valence-electron chi connectivity index (χ3n) is 2.61. The van der Waals surface area contributed by atoms with Crippen molar-refractivity contribution >= 4 is 11.6 Å². The Morgan fingerprint density at radius 2 is 1.94 bits per heavy atom. The molecule has 1 heterocycles. The molecule has 0 unspecified atom stereocenters. The lowest BCUT2D eigenvalue weighted by atomic mass is 10.1. The van der Waals surface area contributed by atoms with E-state index in [0.29, 0.717) is 12.6 Å². The van der Waals surface area contributed by atoms with E-state index < -0.39 is 0 Å². The van der Waals surface area contributed by atoms with Crippen LogP contribution in [0.15, 0.2) is 17.2 Å². The Hall–Kier alpha value is -1.55. The zero-order valence-electron chi connectivity index (χ0n) is 9.82. The summed E-state index contributed by atoms with van der Waals surface area (Å²) in [6.07, 6.45) is 0. The van der Waals surface area contributed by atoms with E-state index in [1.165, 1.54) is 16.7 Å². The topological polar surface area (TPSA) is 45.1 Å². The average Bonchev–Trinajstić information content (AvgIpc) is 2.64. The standard InChI is InChI=1S/C12H16N2O2/c1-8-4-9(2)12(10(3)5-8)14-7-16-11(6-15)13-14/h4-5,15H,6-7H2,1-3H3. The molecule has 0 fully saturated rings. The van der Waals surface area contributed by atoms with Gasteiger partial charge >= 0.3 is 0 Å². The number of hydrogen-bond acceptors (Lipinski definition) is 4. The zero-order valence-corrected chi connectivity index (χ0v) is 9.82. The first-order chi connectivity index (χ1) is 7.61. The molecule has 0 atom stereocenters. The minimum atomic E-state index is -0.152. The van der Waals surface area contributed by atoms with Crippen LogP contribution in [0, 0.1) is 20.8 Å². The number of rotatable bonds is 2. The maximum atomic E-state index is 8.93. The van der Waals surface area contributed by atoms with Crippen molar-refractivity contribution in [2.24, 2.45) is 5.10 Å². The van der Waals surface area contributed by atoms with Gasteiger partial charge in [-0.2, -0.15) is 0 Å². The maximum absolute atomic E-state index is 8.93. The number of nitrogens with zero attached hydrogens (tertiary/aromatic N) is 2. The summed E-state index contributed by atoms with van der Waals surface area (Å²) in [6.45, 7) is 6.41. The van der Waals surface area contributed by atoms with Gasteiger partial charge in [-0.15, -0.1) is 5.10 Å². The van der Waals surface area contributed by atoms with E-state index in [1.807, 2.05) is 0 Å². The van der Waals surface area contributed by atoms with Crippen molar-refractivity contribution in [3.05, 3.63) is 28.8 Å². The first kappa shape index (κ1) is 11.0. The molecule has 0 amide bonds. The van der Waals surface area contributed by atoms with Crippen molar-refractivity contribution in [2.45, 2.75) is 20.8 Å². The molecule has 0 spiro atoms. The number of aryl methyl sites for hydroxylation is 3. The normalized spacial score (nSPS) is 15.0. The molecule has 86 valence electrons. The largest absolute Gasteiger partial charge is 0.455 e. The molecule has 2 rings (SSSR count). The van der Waals surface area contributed by atoms with E-state index in [9.17, 15) is 0 Å². The van der Waals surface area contributed by atoms with Crippen molar-refractivity contribution in [1.29, 1.82) is 0 Å². The van der Waals surface area contributed by atoms with Gasteiger partial charge in [-0.1, -0.05) is 17.7 Å². The van der Waals surface area contributed by atoms with Crippen LogP contribution in [0.25, 0.3) is 0 Å². The highest BCUT2D eigenvalue weighted by molar-refractivity contribution is 5.80. The number of anilines is 1. The lowest BCUT2D eigenvalue weighted by Crippen LogP contribution is -2.15. The van der Waals surface area contributed by atoms with Gasteiger partial charge in [0.25, 0.3) is 0 Å². The highest BCUT2D eigenvalue weighted by atomic mass is 16.5. The van der Waals surface area contributed by atoms with Crippen LogP contribution in [-0.4, -0.2) is 24.3 Å². The van der Waals surface area contributed by atoms with E-state index >= 15 is 0 Å². The van der Waals surface area contributed by atoms with Crippen LogP contribution in [0.3, 0.4) is 0 Å². The quantitative estimate of drug-likeness (QED) is 0.825. The number of hydrogen-bond donors (Lipinski definition) is 1. The second-order valence-electron chi connectivity index (χ2n) is 4.07. The fraction of sp³-hybridized carbons (Fsp3) is 0.417. The molecule has 0 aliphatic carbocycles. The first-order valence-corrected chi connectivity index (χ1v) is 5.28. The number of aliphatic hydroxyl groups is 1. The van der Waals surface area contributed by atoms with Gasteiger partial charge in [-0.25, -0.2) is 5.01 Å². The van der Waals surface area contributed by atoms with Crippen LogP contribution < -0.4 is 5.01 Å². The summed E-state index contributed by atoms with van der Waals surface area (Å²) in [5.74, 6) is 0.374. The van der Waals surface area contributed by atoms with Crippen LogP contribution in [0.1, 0.15) is 16.7 Å². The Bertz CT molecular complexity index is 418. The van der Waals surface area contributed by atoms with E-state index in [0.717, 1.165) is 5.69 Å². The van der Waals surface area contributed by atoms with E-state index in [4.69, 9.17) is 9.84 Å². The molecule has 1 aromatic carbocycles. The Kier molecular flexibility index (Phi) is 2.83. The molecular weight excluding hydrogens is 204 g/mol. The van der Waals surface area contributed by atoms with Crippen molar-refractivity contribution in [3.63, 3.8) is 0 Å². The predicted octanol–water partition coefficient (Wildman–Crippen LogP) is 1.71. The lowest BCUT2D eigenvalue weighted by Gasteiger charge is -2.17. The summed E-state index contributed by atoms with van der Waals surface area (Å²) in [6, 6.07) is 4.24. The molecule has 0 aromatic heterocycles. The summed E-state index contributed by atoms with van der Waals surface area (Å²) >= 11 is 0. The SMILES string of the molecule is Cc1cc(C)c(N2COC(CO)=N2)c(C)c1. The van der Waals surface area contributed by atoms with Gasteiger partial charge in [-0.3, -0.25) is 0 Å². The van der Waals surface area contributed by atoms with E-state index in [1.54, 1.807) is 5.01 Å². The Labute approximate surface area is 95.1 Å². The van der Waals surface area contributed by atoms with Gasteiger partial charge in [0, 0.05) is 0 Å². The fourth-order valence-corrected chi connectivity index (χ4v) is 2.10. The molecule has 1 aromatic rings. The fourth-order valence-electron chi connectivity index (χ4n) is 2.10. The summed E-state index contributed by atoms with van der Waals surface area (Å²) in [5, 5.41) is 14.9. The molecule has 4 heteroatoms. The number of ether oxygens (including phenoxy) is 1. The van der Waals surface area contributed by atoms with Gasteiger partial charge in [0.2, 0.25) is 5.90 Å². The molecular formula is C12H16N2O2. The predicted molar refractivity (Wildman–Crippen MR) is 63.6 cm³/mol. The third-order valence-corrected chi connectivity index (χ3v) is 2.61. The molecule has 1 aliphatic rings. The second kappa shape index (κ2) is 4.14. The highest BCUT2D eigenvalue weighted by Crippen LogP contribution is 2.28. The molecule has 1 aliphatic heterocycles. The average molecular weight is 220 g/mol. The van der Waals surface area contributed by atoms with Crippen LogP contribution in [0.2, 0.25) is 0 Å². The van der Waals surface area contributed by atoms with Gasteiger partial charge in [0.15, 0.2) is 6.73 Å². The Balaban J connectivity index is 2.38. The van der Waals surface area contributed by atoms with Crippen LogP contribution in [0.4, 0.5) is 5.69 Å². The second-order valence-corrected chi connectivity index (χ2v) is 4.07. The molecule has 0 bridgehead atoms. The monoisotopic (exact) mass is 220 g/mol. The van der Waals surface area contributed by atoms with Gasteiger partial charge in [-0.05, 0) is 31.9 Å². The van der Waals surface area contributed by atoms with E-state index in [2.05, 4.69) is 38.0 Å². The van der Waals surface area contributed by atoms with Gasteiger partial charge < -0.3 is 9.84 Å². The first-order valence-electron chi connectivity index (χ1n) is 5.28. The molecule has 16 heavy (non-hydrogen) atoms. The van der Waals surface area contributed by atoms with Crippen molar-refractivity contribution < 1.29 is 9.84 Å². The van der Waals surface area contributed by atoms with Crippen LogP contribution in [-0.2, 0) is 4.74 Å². The van der Waals surface area contributed by atoms with Crippen LogP contribution in [0.5, 0.6) is 0 Å². The minimum Gasteiger partial charge on any atom is -0.455 e. The van der Waals surface area contributed by atoms with E-state index in [-0.39, 0.29) is 6.61 Å². The van der Waals surface area contributed by atoms with Crippen molar-refractivity contribution in [1.82, 2.24) is 0 Å². The third kappa shape index (κ3) is 1.88. The summed E-state index contributed by atoms with van der Waals surface area (Å²) in [7, 11) is 0. The molecule has 0 saturated carbocycles. The summed E-state index contributed by atoms with van der Waals surface area (Å²) in [5.41, 5.74) is 4.65. The minimum absolute atomic E-state index is 0.152. The maximum Gasteiger partial charge on any atom is 0.234 e. The summed E-state index contributed by atoms with van der Waals surface area (Å²) in [4.78, 5) is 0. The molecule has 0 saturated heterocycles. The Morgan fingerprint density at radius 1 is 1.31 bits per heavy atom. The van der Waals surface area contributed by atoms with Gasteiger partial charge in [0.05, 0.1) is 5.69 Å². The smallest absolute Gasteiger partial charge is 0.234 e. The molecule has 0 radical (unpaired) electrons. The Morgan fingerprint density at radius 3 is 2.44 bits per heavy atom. The number of benzene rings is 1. The molecule has 1 N–H and O–H groups in total. The van der Waals surface area contributed by atoms with Crippen molar-refractivity contribution in [3.8, 4) is 0 Å². The zero-order chi connectivity index (χ0) is 11.7. The number of hydrazone groups is 1. The highest BCUT2D eigenvalue weighted by Gasteiger charge is 2.19.